The number of rotatable bonds is 15. The summed E-state index contributed by atoms with van der Waals surface area (Å²) in [6.45, 7) is 12.7. The van der Waals surface area contributed by atoms with Gasteiger partial charge >= 0.3 is 23.5 Å². The average molecular weight is 575 g/mol. The highest BCUT2D eigenvalue weighted by Gasteiger charge is 2.14. The predicted octanol–water partition coefficient (Wildman–Crippen LogP) is 6.66. The number of ether oxygens (including phenoxy) is 3. The van der Waals surface area contributed by atoms with Crippen molar-refractivity contribution in [3.8, 4) is 16.9 Å². The standard InChI is InChI=1S/C34H38O8/c1-6-31(35)41-27-15-13-25(14-16-27)29-21-28-26(12-8-10-18-40-33(37)23(4)5)19-24(20-30(28)42-34(29)38)11-7-9-17-39-32(36)22(2)3/h13-16,19-21H,2,4,6-12,17-18H2,1,3,5H3. The summed E-state index contributed by atoms with van der Waals surface area (Å²) in [5.74, 6) is -0.733. The summed E-state index contributed by atoms with van der Waals surface area (Å²) in [5, 5.41) is 0.823. The number of benzene rings is 2. The van der Waals surface area contributed by atoms with Gasteiger partial charge in [-0.1, -0.05) is 38.3 Å². The Labute approximate surface area is 246 Å². The quantitative estimate of drug-likeness (QED) is 0.0652. The predicted molar refractivity (Wildman–Crippen MR) is 161 cm³/mol. The van der Waals surface area contributed by atoms with Gasteiger partial charge in [0.15, 0.2) is 0 Å². The van der Waals surface area contributed by atoms with Gasteiger partial charge in [0.1, 0.15) is 11.3 Å². The normalized spacial score (nSPS) is 10.7. The number of carbonyl (C=O) groups is 3. The van der Waals surface area contributed by atoms with Crippen LogP contribution >= 0.6 is 0 Å². The maximum atomic E-state index is 13.0. The van der Waals surface area contributed by atoms with Gasteiger partial charge in [-0.05, 0) is 93.3 Å². The molecule has 42 heavy (non-hydrogen) atoms. The molecule has 8 nitrogen and oxygen atoms in total. The average Bonchev–Trinajstić information content (AvgIpc) is 2.96. The highest BCUT2D eigenvalue weighted by atomic mass is 16.5. The monoisotopic (exact) mass is 574 g/mol. The molecule has 3 aromatic rings. The second-order valence-corrected chi connectivity index (χ2v) is 10.2. The molecule has 222 valence electrons. The molecular weight excluding hydrogens is 536 g/mol. The molecule has 0 aliphatic carbocycles. The molecule has 3 rings (SSSR count). The minimum Gasteiger partial charge on any atom is -0.462 e. The third kappa shape index (κ3) is 9.29. The van der Waals surface area contributed by atoms with E-state index in [2.05, 4.69) is 19.2 Å². The Hall–Kier alpha value is -4.46. The van der Waals surface area contributed by atoms with Gasteiger partial charge in [0.05, 0.1) is 18.8 Å². The molecule has 0 unspecified atom stereocenters. The first-order chi connectivity index (χ1) is 20.1. The summed E-state index contributed by atoms with van der Waals surface area (Å²) in [6, 6.07) is 12.6. The molecule has 0 spiro atoms. The first-order valence-electron chi connectivity index (χ1n) is 14.1. The van der Waals surface area contributed by atoms with Crippen molar-refractivity contribution in [1.29, 1.82) is 0 Å². The molecule has 0 bridgehead atoms. The maximum Gasteiger partial charge on any atom is 0.344 e. The molecule has 0 amide bonds. The van der Waals surface area contributed by atoms with Crippen LogP contribution in [-0.2, 0) is 36.7 Å². The fraction of sp³-hybridized carbons (Fsp3) is 0.353. The molecule has 1 aromatic heterocycles. The van der Waals surface area contributed by atoms with Gasteiger partial charge in [0, 0.05) is 23.0 Å². The fourth-order valence-corrected chi connectivity index (χ4v) is 4.24. The van der Waals surface area contributed by atoms with Crippen LogP contribution in [0.25, 0.3) is 22.1 Å². The van der Waals surface area contributed by atoms with Gasteiger partial charge in [0.2, 0.25) is 0 Å². The Kier molecular flexibility index (Phi) is 11.8. The van der Waals surface area contributed by atoms with Crippen molar-refractivity contribution in [2.75, 3.05) is 13.2 Å². The summed E-state index contributed by atoms with van der Waals surface area (Å²) in [7, 11) is 0. The van der Waals surface area contributed by atoms with Crippen LogP contribution in [-0.4, -0.2) is 31.1 Å². The van der Waals surface area contributed by atoms with Crippen LogP contribution in [0.1, 0.15) is 64.0 Å². The molecule has 1 heterocycles. The Balaban J connectivity index is 1.82. The van der Waals surface area contributed by atoms with E-state index in [1.54, 1.807) is 45.0 Å². The third-order valence-electron chi connectivity index (χ3n) is 6.55. The smallest absolute Gasteiger partial charge is 0.344 e. The zero-order valence-electron chi connectivity index (χ0n) is 24.6. The number of unbranched alkanes of at least 4 members (excludes halogenated alkanes) is 2. The summed E-state index contributed by atoms with van der Waals surface area (Å²) in [4.78, 5) is 47.9. The molecule has 0 atom stereocenters. The van der Waals surface area contributed by atoms with Crippen LogP contribution in [0.15, 0.2) is 76.0 Å². The van der Waals surface area contributed by atoms with Gasteiger partial charge in [-0.3, -0.25) is 4.79 Å². The Morgan fingerprint density at radius 3 is 1.98 bits per heavy atom. The second-order valence-electron chi connectivity index (χ2n) is 10.2. The molecule has 0 radical (unpaired) electrons. The van der Waals surface area contributed by atoms with E-state index in [0.717, 1.165) is 29.4 Å². The summed E-state index contributed by atoms with van der Waals surface area (Å²) in [5.41, 5.74) is 3.83. The second kappa shape index (κ2) is 15.5. The van der Waals surface area contributed by atoms with Crippen molar-refractivity contribution in [2.45, 2.75) is 65.7 Å². The van der Waals surface area contributed by atoms with Crippen molar-refractivity contribution in [3.63, 3.8) is 0 Å². The third-order valence-corrected chi connectivity index (χ3v) is 6.55. The summed E-state index contributed by atoms with van der Waals surface area (Å²) < 4.78 is 21.5. The van der Waals surface area contributed by atoms with Crippen molar-refractivity contribution < 1.29 is 33.0 Å². The number of fused-ring (bicyclic) bond motifs is 1. The van der Waals surface area contributed by atoms with Gasteiger partial charge < -0.3 is 18.6 Å². The molecule has 0 N–H and O–H groups in total. The van der Waals surface area contributed by atoms with Crippen LogP contribution < -0.4 is 10.4 Å². The first kappa shape index (κ1) is 32.1. The molecule has 0 fully saturated rings. The van der Waals surface area contributed by atoms with Gasteiger partial charge in [-0.2, -0.15) is 0 Å². The van der Waals surface area contributed by atoms with Crippen molar-refractivity contribution in [3.05, 3.63) is 88.3 Å². The van der Waals surface area contributed by atoms with E-state index < -0.39 is 17.6 Å². The van der Waals surface area contributed by atoms with Crippen molar-refractivity contribution >= 4 is 28.9 Å². The molecule has 0 saturated heterocycles. The summed E-state index contributed by atoms with van der Waals surface area (Å²) in [6.07, 6.45) is 4.55. The SMILES string of the molecule is C=C(C)C(=O)OCCCCc1cc(CCCCOC(=O)C(=C)C)c2cc(-c3ccc(OC(=O)CC)cc3)c(=O)oc2c1. The Morgan fingerprint density at radius 1 is 0.810 bits per heavy atom. The lowest BCUT2D eigenvalue weighted by Gasteiger charge is -2.12. The zero-order valence-corrected chi connectivity index (χ0v) is 24.6. The zero-order chi connectivity index (χ0) is 30.6. The van der Waals surface area contributed by atoms with Crippen LogP contribution in [0.3, 0.4) is 0 Å². The molecule has 0 saturated carbocycles. The molecule has 0 aliphatic heterocycles. The van der Waals surface area contributed by atoms with Crippen LogP contribution in [0.5, 0.6) is 5.75 Å². The topological polar surface area (TPSA) is 109 Å². The van der Waals surface area contributed by atoms with E-state index in [1.165, 1.54) is 0 Å². The number of aryl methyl sites for hydroxylation is 2. The number of esters is 3. The van der Waals surface area contributed by atoms with Crippen LogP contribution in [0, 0.1) is 0 Å². The maximum absolute atomic E-state index is 13.0. The minimum atomic E-state index is -0.470. The molecule has 8 heteroatoms. The lowest BCUT2D eigenvalue weighted by Crippen LogP contribution is -2.07. The lowest BCUT2D eigenvalue weighted by atomic mass is 9.96. The molecule has 0 aliphatic rings. The van der Waals surface area contributed by atoms with E-state index in [1.807, 2.05) is 12.1 Å². The number of carbonyl (C=O) groups excluding carboxylic acids is 3. The van der Waals surface area contributed by atoms with Crippen LogP contribution in [0.2, 0.25) is 0 Å². The van der Waals surface area contributed by atoms with E-state index in [9.17, 15) is 19.2 Å². The summed E-state index contributed by atoms with van der Waals surface area (Å²) >= 11 is 0. The fourth-order valence-electron chi connectivity index (χ4n) is 4.24. The van der Waals surface area contributed by atoms with E-state index in [4.69, 9.17) is 18.6 Å². The Morgan fingerprint density at radius 2 is 1.40 bits per heavy atom. The van der Waals surface area contributed by atoms with Crippen molar-refractivity contribution in [2.24, 2.45) is 0 Å². The highest BCUT2D eigenvalue weighted by Crippen LogP contribution is 2.28. The highest BCUT2D eigenvalue weighted by molar-refractivity contribution is 5.87. The number of hydrogen-bond donors (Lipinski definition) is 0. The first-order valence-corrected chi connectivity index (χ1v) is 14.1. The Bertz CT molecular complexity index is 1510. The number of hydrogen-bond acceptors (Lipinski definition) is 8. The van der Waals surface area contributed by atoms with Gasteiger partial charge in [0.25, 0.3) is 0 Å². The van der Waals surface area contributed by atoms with Gasteiger partial charge in [-0.25, -0.2) is 14.4 Å². The largest absolute Gasteiger partial charge is 0.462 e. The van der Waals surface area contributed by atoms with Crippen LogP contribution in [0.4, 0.5) is 0 Å². The van der Waals surface area contributed by atoms with E-state index in [0.29, 0.717) is 72.5 Å². The van der Waals surface area contributed by atoms with Gasteiger partial charge in [-0.15, -0.1) is 0 Å². The van der Waals surface area contributed by atoms with E-state index >= 15 is 0 Å². The van der Waals surface area contributed by atoms with E-state index in [-0.39, 0.29) is 12.4 Å². The molecule has 2 aromatic carbocycles. The molecular formula is C34H38O8. The lowest BCUT2D eigenvalue weighted by molar-refractivity contribution is -0.139. The van der Waals surface area contributed by atoms with Crippen molar-refractivity contribution in [1.82, 2.24) is 0 Å². The minimum absolute atomic E-state index is 0.263.